The number of hydrogen-bond donors (Lipinski definition) is 4. The number of amides is 3. The van der Waals surface area contributed by atoms with Crippen LogP contribution in [0.25, 0.3) is 0 Å². The number of amidine groups is 1. The number of rotatable bonds is 10. The number of carbonyl (C=O) groups is 3. The average Bonchev–Trinajstić information content (AvgIpc) is 3.61. The quantitative estimate of drug-likeness (QED) is 0.218. The summed E-state index contributed by atoms with van der Waals surface area (Å²) in [5.74, 6) is 0.321. The minimum atomic E-state index is -0.629. The molecule has 5 N–H and O–H groups in total. The van der Waals surface area contributed by atoms with Gasteiger partial charge in [0.2, 0.25) is 11.8 Å². The smallest absolute Gasteiger partial charge is 0.251 e. The van der Waals surface area contributed by atoms with Crippen LogP contribution in [0.4, 0.5) is 0 Å². The summed E-state index contributed by atoms with van der Waals surface area (Å²) >= 11 is 3.03. The Morgan fingerprint density at radius 3 is 2.46 bits per heavy atom. The largest absolute Gasteiger partial charge is 0.457 e. The fourth-order valence-electron chi connectivity index (χ4n) is 4.25. The number of nitrogen functional groups attached to an aromatic ring is 1. The van der Waals surface area contributed by atoms with Crippen molar-refractivity contribution in [3.8, 4) is 11.5 Å². The van der Waals surface area contributed by atoms with Crippen LogP contribution in [0.2, 0.25) is 0 Å². The number of ether oxygens (including phenoxy) is 1. The molecule has 9 nitrogen and oxygen atoms in total. The summed E-state index contributed by atoms with van der Waals surface area (Å²) in [6.07, 6.45) is 2.49. The van der Waals surface area contributed by atoms with Crippen LogP contribution in [0.1, 0.15) is 40.2 Å². The monoisotopic (exact) mass is 565 g/mol. The summed E-state index contributed by atoms with van der Waals surface area (Å²) < 4.78 is 5.75. The van der Waals surface area contributed by atoms with Crippen molar-refractivity contribution in [2.75, 3.05) is 19.3 Å². The van der Waals surface area contributed by atoms with Gasteiger partial charge in [0.05, 0.1) is 12.6 Å². The third kappa shape index (κ3) is 7.18. The zero-order valence-corrected chi connectivity index (χ0v) is 23.3. The van der Waals surface area contributed by atoms with E-state index in [2.05, 4.69) is 10.6 Å². The number of nitrogens with two attached hydrogens (primary N) is 1. The molecule has 0 spiro atoms. The van der Waals surface area contributed by atoms with Gasteiger partial charge in [-0.05, 0) is 62.1 Å². The van der Waals surface area contributed by atoms with E-state index in [4.69, 9.17) is 15.9 Å². The molecule has 3 atom stereocenters. The minimum Gasteiger partial charge on any atom is -0.457 e. The molecule has 2 heterocycles. The van der Waals surface area contributed by atoms with Gasteiger partial charge in [0.15, 0.2) is 0 Å². The second-order valence-electron chi connectivity index (χ2n) is 9.16. The summed E-state index contributed by atoms with van der Waals surface area (Å²) in [5.41, 5.74) is 6.57. The van der Waals surface area contributed by atoms with Crippen molar-refractivity contribution < 1.29 is 19.1 Å². The van der Waals surface area contributed by atoms with Gasteiger partial charge in [-0.1, -0.05) is 18.2 Å². The Bertz CT molecular complexity index is 1330. The fourth-order valence-corrected chi connectivity index (χ4v) is 5.85. The zero-order valence-electron chi connectivity index (χ0n) is 21.7. The van der Waals surface area contributed by atoms with E-state index in [1.165, 1.54) is 11.3 Å². The Hall–Kier alpha value is -3.83. The number of thioether (sulfide) groups is 1. The van der Waals surface area contributed by atoms with Crippen LogP contribution in [-0.2, 0) is 9.59 Å². The van der Waals surface area contributed by atoms with Gasteiger partial charge in [-0.15, -0.1) is 11.3 Å². The van der Waals surface area contributed by atoms with Gasteiger partial charge in [-0.25, -0.2) is 0 Å². The Labute approximate surface area is 235 Å². The molecule has 0 aliphatic carbocycles. The predicted molar refractivity (Wildman–Crippen MR) is 155 cm³/mol. The van der Waals surface area contributed by atoms with Crippen LogP contribution < -0.4 is 21.1 Å². The van der Waals surface area contributed by atoms with Crippen LogP contribution in [0.15, 0.2) is 66.0 Å². The van der Waals surface area contributed by atoms with Gasteiger partial charge in [0.25, 0.3) is 5.91 Å². The molecule has 2 aromatic carbocycles. The highest BCUT2D eigenvalue weighted by Crippen LogP contribution is 2.28. The molecular weight excluding hydrogens is 534 g/mol. The predicted octanol–water partition coefficient (Wildman–Crippen LogP) is 3.76. The highest BCUT2D eigenvalue weighted by atomic mass is 32.2. The number of nitrogens with one attached hydrogen (secondary N) is 3. The number of likely N-dealkylation sites (tertiary alicyclic amines) is 1. The first-order valence-corrected chi connectivity index (χ1v) is 14.6. The molecule has 1 fully saturated rings. The van der Waals surface area contributed by atoms with E-state index in [9.17, 15) is 14.4 Å². The van der Waals surface area contributed by atoms with E-state index < -0.39 is 6.04 Å². The van der Waals surface area contributed by atoms with Gasteiger partial charge in [0, 0.05) is 33.2 Å². The van der Waals surface area contributed by atoms with Gasteiger partial charge < -0.3 is 26.0 Å². The molecule has 1 unspecified atom stereocenters. The molecule has 4 rings (SSSR count). The molecule has 3 aromatic rings. The van der Waals surface area contributed by atoms with Crippen molar-refractivity contribution in [1.29, 1.82) is 5.41 Å². The number of benzene rings is 2. The van der Waals surface area contributed by atoms with Crippen molar-refractivity contribution in [3.05, 3.63) is 82.0 Å². The standard InChI is InChI=1S/C28H31N5O4S2/c1-17(24-12-19(16-39-24)26(29)30)32-28(36)23-13-22(38-2)15-33(23)25(34)14-31-27(35)18-8-10-21(11-9-18)37-20-6-4-3-5-7-20/h3-12,16-17,22-23H,13-15H2,1-2H3,(H3,29,30)(H,31,35)(H,32,36)/t17?,22-,23+/m1/s1. The average molecular weight is 566 g/mol. The third-order valence-electron chi connectivity index (χ3n) is 6.43. The summed E-state index contributed by atoms with van der Waals surface area (Å²) in [5, 5.41) is 15.1. The summed E-state index contributed by atoms with van der Waals surface area (Å²) in [7, 11) is 0. The first kappa shape index (κ1) is 28.2. The Kier molecular flexibility index (Phi) is 9.26. The SMILES string of the molecule is CS[C@@H]1C[C@@H](C(=O)NC(C)c2cc(C(=N)N)cs2)N(C(=O)CNC(=O)c2ccc(Oc3ccccc3)cc2)C1. The lowest BCUT2D eigenvalue weighted by atomic mass is 10.1. The van der Waals surface area contributed by atoms with Crippen LogP contribution in [-0.4, -0.2) is 59.1 Å². The second kappa shape index (κ2) is 12.8. The fraction of sp³-hybridized carbons (Fsp3) is 0.286. The van der Waals surface area contributed by atoms with Gasteiger partial charge >= 0.3 is 0 Å². The van der Waals surface area contributed by atoms with Gasteiger partial charge in [-0.2, -0.15) is 11.8 Å². The second-order valence-corrected chi connectivity index (χ2v) is 11.2. The maximum absolute atomic E-state index is 13.2. The normalized spacial score (nSPS) is 17.3. The first-order chi connectivity index (χ1) is 18.7. The van der Waals surface area contributed by atoms with E-state index in [0.717, 1.165) is 4.88 Å². The number of para-hydroxylation sites is 1. The molecule has 39 heavy (non-hydrogen) atoms. The number of carbonyl (C=O) groups excluding carboxylic acids is 3. The Balaban J connectivity index is 1.33. The van der Waals surface area contributed by atoms with Crippen molar-refractivity contribution >= 4 is 46.7 Å². The van der Waals surface area contributed by atoms with Gasteiger partial charge in [0.1, 0.15) is 23.4 Å². The lowest BCUT2D eigenvalue weighted by molar-refractivity contribution is -0.137. The topological polar surface area (TPSA) is 138 Å². The molecule has 3 amide bonds. The van der Waals surface area contributed by atoms with Crippen LogP contribution in [0.3, 0.4) is 0 Å². The molecule has 0 saturated carbocycles. The molecular formula is C28H31N5O4S2. The maximum Gasteiger partial charge on any atom is 0.251 e. The van der Waals surface area contributed by atoms with Crippen molar-refractivity contribution in [3.63, 3.8) is 0 Å². The molecule has 11 heteroatoms. The molecule has 204 valence electrons. The molecule has 0 radical (unpaired) electrons. The molecule has 1 aliphatic rings. The third-order valence-corrected chi connectivity index (χ3v) is 8.55. The number of hydrogen-bond acceptors (Lipinski definition) is 7. The molecule has 1 aromatic heterocycles. The molecule has 1 saturated heterocycles. The van der Waals surface area contributed by atoms with Gasteiger partial charge in [-0.3, -0.25) is 19.8 Å². The first-order valence-electron chi connectivity index (χ1n) is 12.4. The number of nitrogens with zero attached hydrogens (tertiary/aromatic N) is 1. The zero-order chi connectivity index (χ0) is 27.9. The van der Waals surface area contributed by atoms with Crippen LogP contribution >= 0.6 is 23.1 Å². The van der Waals surface area contributed by atoms with E-state index in [1.807, 2.05) is 43.5 Å². The van der Waals surface area contributed by atoms with Crippen LogP contribution in [0, 0.1) is 5.41 Å². The Morgan fingerprint density at radius 1 is 1.13 bits per heavy atom. The molecule has 1 aliphatic heterocycles. The lowest BCUT2D eigenvalue weighted by Crippen LogP contribution is -2.49. The Morgan fingerprint density at radius 2 is 1.82 bits per heavy atom. The maximum atomic E-state index is 13.2. The summed E-state index contributed by atoms with van der Waals surface area (Å²) in [6.45, 7) is 2.08. The number of thiophene rings is 1. The van der Waals surface area contributed by atoms with E-state index in [1.54, 1.807) is 52.4 Å². The van der Waals surface area contributed by atoms with Crippen molar-refractivity contribution in [2.45, 2.75) is 30.7 Å². The minimum absolute atomic E-state index is 0.0232. The van der Waals surface area contributed by atoms with Crippen molar-refractivity contribution in [2.24, 2.45) is 5.73 Å². The summed E-state index contributed by atoms with van der Waals surface area (Å²) in [6, 6.07) is 16.9. The van der Waals surface area contributed by atoms with Crippen LogP contribution in [0.5, 0.6) is 11.5 Å². The highest BCUT2D eigenvalue weighted by molar-refractivity contribution is 7.99. The molecule has 0 bridgehead atoms. The lowest BCUT2D eigenvalue weighted by Gasteiger charge is -2.25. The van der Waals surface area contributed by atoms with E-state index >= 15 is 0 Å². The highest BCUT2D eigenvalue weighted by Gasteiger charge is 2.39. The van der Waals surface area contributed by atoms with E-state index in [0.29, 0.717) is 35.6 Å². The summed E-state index contributed by atoms with van der Waals surface area (Å²) in [4.78, 5) is 41.4. The van der Waals surface area contributed by atoms with E-state index in [-0.39, 0.29) is 41.4 Å². The van der Waals surface area contributed by atoms with Crippen molar-refractivity contribution in [1.82, 2.24) is 15.5 Å².